The Labute approximate surface area is 170 Å². The van der Waals surface area contributed by atoms with E-state index in [9.17, 15) is 9.59 Å². The van der Waals surface area contributed by atoms with Gasteiger partial charge in [-0.3, -0.25) is 4.79 Å². The lowest BCUT2D eigenvalue weighted by Crippen LogP contribution is -2.42. The summed E-state index contributed by atoms with van der Waals surface area (Å²) in [6.45, 7) is 1.97. The number of carbonyl (C=O) groups excluding carboxylic acids is 2. The number of rotatable bonds is 4. The van der Waals surface area contributed by atoms with Crippen molar-refractivity contribution in [1.82, 2.24) is 0 Å². The minimum absolute atomic E-state index is 0.0639. The molecular formula is C24H24O5. The molecule has 2 aromatic rings. The van der Waals surface area contributed by atoms with Gasteiger partial charge in [-0.05, 0) is 38.0 Å². The zero-order chi connectivity index (χ0) is 20.4. The average Bonchev–Trinajstić information content (AvgIpc) is 2.74. The van der Waals surface area contributed by atoms with Gasteiger partial charge in [-0.1, -0.05) is 35.9 Å². The molecule has 3 atom stereocenters. The minimum atomic E-state index is -0.333. The molecule has 0 bridgehead atoms. The lowest BCUT2D eigenvalue weighted by atomic mass is 9.77. The summed E-state index contributed by atoms with van der Waals surface area (Å²) in [4.78, 5) is 25.5. The number of carbonyl (C=O) groups is 2. The van der Waals surface area contributed by atoms with Crippen molar-refractivity contribution in [2.45, 2.75) is 38.4 Å². The molecule has 0 aromatic heterocycles. The molecule has 2 aliphatic rings. The molecule has 5 nitrogen and oxygen atoms in total. The lowest BCUT2D eigenvalue weighted by Gasteiger charge is -2.37. The summed E-state index contributed by atoms with van der Waals surface area (Å²) in [6.07, 6.45) is 2.80. The van der Waals surface area contributed by atoms with Crippen LogP contribution in [0.1, 0.15) is 40.7 Å². The maximum absolute atomic E-state index is 13.1. The van der Waals surface area contributed by atoms with Crippen molar-refractivity contribution >= 4 is 17.3 Å². The van der Waals surface area contributed by atoms with Crippen LogP contribution in [-0.4, -0.2) is 31.1 Å². The Bertz CT molecular complexity index is 944. The van der Waals surface area contributed by atoms with Gasteiger partial charge in [0.2, 0.25) is 0 Å². The molecule has 1 aliphatic carbocycles. The summed E-state index contributed by atoms with van der Waals surface area (Å²) in [7, 11) is 1.59. The fourth-order valence-corrected chi connectivity index (χ4v) is 4.04. The first-order valence-corrected chi connectivity index (χ1v) is 9.87. The number of allylic oxidation sites excluding steroid dienone is 1. The van der Waals surface area contributed by atoms with E-state index in [-0.39, 0.29) is 29.9 Å². The van der Waals surface area contributed by atoms with Crippen LogP contribution in [0.15, 0.2) is 54.8 Å². The second-order valence-corrected chi connectivity index (χ2v) is 7.58. The molecule has 2 aromatic carbocycles. The molecule has 1 saturated carbocycles. The fourth-order valence-electron chi connectivity index (χ4n) is 4.04. The number of benzene rings is 2. The zero-order valence-electron chi connectivity index (χ0n) is 16.6. The van der Waals surface area contributed by atoms with Gasteiger partial charge in [-0.25, -0.2) is 4.79 Å². The Morgan fingerprint density at radius 3 is 2.59 bits per heavy atom. The molecule has 0 N–H and O–H groups in total. The van der Waals surface area contributed by atoms with Crippen LogP contribution in [0.25, 0.3) is 5.57 Å². The summed E-state index contributed by atoms with van der Waals surface area (Å²) in [5.74, 6) is 0.152. The first kappa shape index (κ1) is 19.2. The summed E-state index contributed by atoms with van der Waals surface area (Å²) in [5.41, 5.74) is 2.91. The van der Waals surface area contributed by atoms with Crippen molar-refractivity contribution in [2.75, 3.05) is 7.11 Å². The third kappa shape index (κ3) is 3.90. The standard InChI is InChI=1S/C24H24O5/c1-15-7-9-16(10-8-15)24(26)29-17-11-12-19-22(13-17)28-14-20(23(19)25)18-5-3-4-6-21(18)27-2/h3-10,14,17,19,22H,11-13H2,1-2H3. The molecule has 0 radical (unpaired) electrons. The third-order valence-corrected chi connectivity index (χ3v) is 5.66. The topological polar surface area (TPSA) is 61.8 Å². The quantitative estimate of drug-likeness (QED) is 0.725. The van der Waals surface area contributed by atoms with Crippen LogP contribution < -0.4 is 4.74 Å². The highest BCUT2D eigenvalue weighted by atomic mass is 16.5. The number of Topliss-reactive ketones (excluding diaryl/α,β-unsaturated/α-hetero) is 1. The van der Waals surface area contributed by atoms with E-state index in [4.69, 9.17) is 14.2 Å². The van der Waals surface area contributed by atoms with Gasteiger partial charge >= 0.3 is 5.97 Å². The van der Waals surface area contributed by atoms with Gasteiger partial charge in [0.25, 0.3) is 0 Å². The highest BCUT2D eigenvalue weighted by Gasteiger charge is 2.41. The number of aryl methyl sites for hydroxylation is 1. The van der Waals surface area contributed by atoms with Gasteiger partial charge in [0.15, 0.2) is 5.78 Å². The monoisotopic (exact) mass is 392 g/mol. The molecule has 29 heavy (non-hydrogen) atoms. The smallest absolute Gasteiger partial charge is 0.338 e. The predicted molar refractivity (Wildman–Crippen MR) is 109 cm³/mol. The minimum Gasteiger partial charge on any atom is -0.496 e. The first-order valence-electron chi connectivity index (χ1n) is 9.87. The fraction of sp³-hybridized carbons (Fsp3) is 0.333. The van der Waals surface area contributed by atoms with Crippen LogP contribution in [0, 0.1) is 12.8 Å². The molecule has 0 saturated heterocycles. The molecule has 150 valence electrons. The number of ether oxygens (including phenoxy) is 3. The van der Waals surface area contributed by atoms with Gasteiger partial charge in [-0.15, -0.1) is 0 Å². The Balaban J connectivity index is 1.45. The van der Waals surface area contributed by atoms with Crippen LogP contribution in [-0.2, 0) is 14.3 Å². The van der Waals surface area contributed by atoms with Crippen LogP contribution in [0.3, 0.4) is 0 Å². The van der Waals surface area contributed by atoms with Gasteiger partial charge in [-0.2, -0.15) is 0 Å². The van der Waals surface area contributed by atoms with Crippen LogP contribution in [0.4, 0.5) is 0 Å². The maximum Gasteiger partial charge on any atom is 0.338 e. The van der Waals surface area contributed by atoms with E-state index in [1.54, 1.807) is 19.2 Å². The number of para-hydroxylation sites is 1. The summed E-state index contributed by atoms with van der Waals surface area (Å²) >= 11 is 0. The second-order valence-electron chi connectivity index (χ2n) is 7.58. The Morgan fingerprint density at radius 1 is 1.07 bits per heavy atom. The van der Waals surface area contributed by atoms with E-state index >= 15 is 0 Å². The molecule has 1 aliphatic heterocycles. The third-order valence-electron chi connectivity index (χ3n) is 5.66. The van der Waals surface area contributed by atoms with Crippen molar-refractivity contribution in [1.29, 1.82) is 0 Å². The van der Waals surface area contributed by atoms with Gasteiger partial charge in [0, 0.05) is 12.0 Å². The molecule has 5 heteroatoms. The SMILES string of the molecule is COc1ccccc1C1=COC2CC(OC(=O)c3ccc(C)cc3)CCC2C1=O. The molecule has 1 fully saturated rings. The molecule has 0 amide bonds. The number of hydrogen-bond donors (Lipinski definition) is 0. The van der Waals surface area contributed by atoms with E-state index in [0.717, 1.165) is 11.1 Å². The second kappa shape index (κ2) is 8.11. The maximum atomic E-state index is 13.1. The Kier molecular flexibility index (Phi) is 5.38. The number of fused-ring (bicyclic) bond motifs is 1. The predicted octanol–water partition coefficient (Wildman–Crippen LogP) is 4.34. The van der Waals surface area contributed by atoms with E-state index in [0.29, 0.717) is 36.1 Å². The molecule has 3 unspecified atom stereocenters. The Hall–Kier alpha value is -3.08. The lowest BCUT2D eigenvalue weighted by molar-refractivity contribution is -0.126. The zero-order valence-corrected chi connectivity index (χ0v) is 16.6. The van der Waals surface area contributed by atoms with E-state index in [1.807, 2.05) is 43.3 Å². The molecule has 4 rings (SSSR count). The van der Waals surface area contributed by atoms with Gasteiger partial charge in [0.1, 0.15) is 18.0 Å². The van der Waals surface area contributed by atoms with E-state index in [2.05, 4.69) is 0 Å². The normalized spacial score (nSPS) is 23.4. The van der Waals surface area contributed by atoms with E-state index < -0.39 is 0 Å². The average molecular weight is 392 g/mol. The van der Waals surface area contributed by atoms with E-state index in [1.165, 1.54) is 6.26 Å². The van der Waals surface area contributed by atoms with Crippen LogP contribution in [0.2, 0.25) is 0 Å². The largest absolute Gasteiger partial charge is 0.496 e. The van der Waals surface area contributed by atoms with Crippen LogP contribution >= 0.6 is 0 Å². The summed E-state index contributed by atoms with van der Waals surface area (Å²) < 4.78 is 17.0. The summed E-state index contributed by atoms with van der Waals surface area (Å²) in [6, 6.07) is 14.8. The van der Waals surface area contributed by atoms with Gasteiger partial charge < -0.3 is 14.2 Å². The molecule has 1 heterocycles. The number of ketones is 1. The van der Waals surface area contributed by atoms with Crippen molar-refractivity contribution in [3.8, 4) is 5.75 Å². The molecule has 0 spiro atoms. The highest BCUT2D eigenvalue weighted by molar-refractivity contribution is 6.22. The highest BCUT2D eigenvalue weighted by Crippen LogP contribution is 2.39. The first-order chi connectivity index (χ1) is 14.1. The number of esters is 1. The summed E-state index contributed by atoms with van der Waals surface area (Å²) in [5, 5.41) is 0. The van der Waals surface area contributed by atoms with Gasteiger partial charge in [0.05, 0.1) is 30.4 Å². The number of hydrogen-bond acceptors (Lipinski definition) is 5. The number of methoxy groups -OCH3 is 1. The Morgan fingerprint density at radius 2 is 1.83 bits per heavy atom. The van der Waals surface area contributed by atoms with Crippen molar-refractivity contribution < 1.29 is 23.8 Å². The van der Waals surface area contributed by atoms with Crippen molar-refractivity contribution in [3.05, 3.63) is 71.5 Å². The van der Waals surface area contributed by atoms with Crippen molar-refractivity contribution in [3.63, 3.8) is 0 Å². The van der Waals surface area contributed by atoms with Crippen LogP contribution in [0.5, 0.6) is 5.75 Å². The molecular weight excluding hydrogens is 368 g/mol. The van der Waals surface area contributed by atoms with Crippen molar-refractivity contribution in [2.24, 2.45) is 5.92 Å².